The molecule has 0 spiro atoms. The molecule has 1 aliphatic carbocycles. The highest BCUT2D eigenvalue weighted by Crippen LogP contribution is 2.38. The van der Waals surface area contributed by atoms with Crippen LogP contribution >= 0.6 is 0 Å². The molecule has 0 aliphatic heterocycles. The van der Waals surface area contributed by atoms with Gasteiger partial charge < -0.3 is 4.52 Å². The molecular weight excluding hydrogens is 178 g/mol. The zero-order chi connectivity index (χ0) is 10.1. The van der Waals surface area contributed by atoms with Gasteiger partial charge in [-0.05, 0) is 33.7 Å². The molecule has 4 nitrogen and oxygen atoms in total. The van der Waals surface area contributed by atoms with Crippen LogP contribution in [-0.2, 0) is 6.54 Å². The van der Waals surface area contributed by atoms with Crippen molar-refractivity contribution in [3.8, 4) is 0 Å². The molecule has 1 heterocycles. The van der Waals surface area contributed by atoms with E-state index >= 15 is 0 Å². The first kappa shape index (κ1) is 9.65. The molecule has 1 saturated carbocycles. The minimum Gasteiger partial charge on any atom is -0.339 e. The van der Waals surface area contributed by atoms with Gasteiger partial charge in [0.05, 0.1) is 6.54 Å². The third-order valence-corrected chi connectivity index (χ3v) is 2.68. The van der Waals surface area contributed by atoms with Crippen molar-refractivity contribution in [1.29, 1.82) is 0 Å². The van der Waals surface area contributed by atoms with E-state index in [1.54, 1.807) is 0 Å². The first-order valence-electron chi connectivity index (χ1n) is 5.19. The Hall–Kier alpha value is -0.900. The summed E-state index contributed by atoms with van der Waals surface area (Å²) in [5.41, 5.74) is 0. The minimum absolute atomic E-state index is 0.512. The summed E-state index contributed by atoms with van der Waals surface area (Å²) in [6.45, 7) is 5.08. The highest BCUT2D eigenvalue weighted by molar-refractivity contribution is 5.01. The number of hydrogen-bond donors (Lipinski definition) is 0. The number of hydrogen-bond acceptors (Lipinski definition) is 4. The topological polar surface area (TPSA) is 42.2 Å². The average molecular weight is 195 g/mol. The molecule has 14 heavy (non-hydrogen) atoms. The third kappa shape index (κ3) is 2.12. The fraction of sp³-hybridized carbons (Fsp3) is 0.800. The monoisotopic (exact) mass is 195 g/mol. The fourth-order valence-electron chi connectivity index (χ4n) is 1.23. The van der Waals surface area contributed by atoms with Crippen LogP contribution in [0.5, 0.6) is 0 Å². The summed E-state index contributed by atoms with van der Waals surface area (Å²) in [4.78, 5) is 6.57. The van der Waals surface area contributed by atoms with Crippen LogP contribution in [0.1, 0.15) is 44.3 Å². The lowest BCUT2D eigenvalue weighted by Crippen LogP contribution is -2.26. The Balaban J connectivity index is 1.95. The van der Waals surface area contributed by atoms with Gasteiger partial charge in [0.25, 0.3) is 0 Å². The molecule has 0 amide bonds. The van der Waals surface area contributed by atoms with Crippen molar-refractivity contribution in [2.75, 3.05) is 7.05 Å². The van der Waals surface area contributed by atoms with Gasteiger partial charge in [-0.25, -0.2) is 0 Å². The van der Waals surface area contributed by atoms with Crippen LogP contribution in [0.3, 0.4) is 0 Å². The Kier molecular flexibility index (Phi) is 2.54. The fourth-order valence-corrected chi connectivity index (χ4v) is 1.23. The van der Waals surface area contributed by atoms with Crippen molar-refractivity contribution < 1.29 is 4.52 Å². The smallest absolute Gasteiger partial charge is 0.229 e. The molecule has 0 aromatic carbocycles. The molecule has 0 N–H and O–H groups in total. The van der Waals surface area contributed by atoms with E-state index in [0.29, 0.717) is 12.0 Å². The van der Waals surface area contributed by atoms with E-state index in [1.807, 2.05) is 0 Å². The highest BCUT2D eigenvalue weighted by atomic mass is 16.5. The number of rotatable bonds is 4. The Morgan fingerprint density at radius 2 is 2.21 bits per heavy atom. The quantitative estimate of drug-likeness (QED) is 0.734. The van der Waals surface area contributed by atoms with E-state index in [-0.39, 0.29) is 0 Å². The number of aromatic nitrogens is 2. The molecule has 0 atom stereocenters. The second-order valence-corrected chi connectivity index (χ2v) is 4.33. The lowest BCUT2D eigenvalue weighted by Gasteiger charge is -2.18. The van der Waals surface area contributed by atoms with Crippen LogP contribution in [0.4, 0.5) is 0 Å². The molecular formula is C10H17N3O. The maximum atomic E-state index is 5.18. The molecule has 1 aliphatic rings. The zero-order valence-corrected chi connectivity index (χ0v) is 9.03. The van der Waals surface area contributed by atoms with Crippen LogP contribution < -0.4 is 0 Å². The first-order valence-corrected chi connectivity index (χ1v) is 5.19. The van der Waals surface area contributed by atoms with Gasteiger partial charge >= 0.3 is 0 Å². The van der Waals surface area contributed by atoms with Crippen molar-refractivity contribution >= 4 is 0 Å². The van der Waals surface area contributed by atoms with Crippen molar-refractivity contribution in [1.82, 2.24) is 15.0 Å². The normalized spacial score (nSPS) is 16.9. The van der Waals surface area contributed by atoms with E-state index in [0.717, 1.165) is 18.3 Å². The van der Waals surface area contributed by atoms with Crippen LogP contribution in [0, 0.1) is 0 Å². The molecule has 0 bridgehead atoms. The summed E-state index contributed by atoms with van der Waals surface area (Å²) in [5, 5.41) is 3.97. The van der Waals surface area contributed by atoms with Gasteiger partial charge in [-0.3, -0.25) is 4.90 Å². The summed E-state index contributed by atoms with van der Waals surface area (Å²) >= 11 is 0. The van der Waals surface area contributed by atoms with Gasteiger partial charge in [0, 0.05) is 12.0 Å². The third-order valence-electron chi connectivity index (χ3n) is 2.68. The molecule has 0 radical (unpaired) electrons. The van der Waals surface area contributed by atoms with Gasteiger partial charge in [0.15, 0.2) is 5.82 Å². The second-order valence-electron chi connectivity index (χ2n) is 4.33. The molecule has 4 heteroatoms. The SMILES string of the molecule is CC(C)N(C)Cc1noc(C2CC2)n1. The maximum absolute atomic E-state index is 5.18. The second kappa shape index (κ2) is 3.69. The summed E-state index contributed by atoms with van der Waals surface area (Å²) in [6.07, 6.45) is 2.42. The van der Waals surface area contributed by atoms with Crippen LogP contribution in [0.15, 0.2) is 4.52 Å². The van der Waals surface area contributed by atoms with Gasteiger partial charge in [0.1, 0.15) is 0 Å². The molecule has 1 aromatic heterocycles. The molecule has 1 aromatic rings. The Bertz CT molecular complexity index is 304. The van der Waals surface area contributed by atoms with Crippen molar-refractivity contribution in [2.45, 2.75) is 45.2 Å². The molecule has 2 rings (SSSR count). The zero-order valence-electron chi connectivity index (χ0n) is 9.03. The lowest BCUT2D eigenvalue weighted by molar-refractivity contribution is 0.254. The summed E-state index contributed by atoms with van der Waals surface area (Å²) < 4.78 is 5.18. The standard InChI is InChI=1S/C10H17N3O/c1-7(2)13(3)6-9-11-10(14-12-9)8-4-5-8/h7-8H,4-6H2,1-3H3. The molecule has 1 fully saturated rings. The van der Waals surface area contributed by atoms with E-state index in [2.05, 4.69) is 35.9 Å². The van der Waals surface area contributed by atoms with Crippen LogP contribution in [0.25, 0.3) is 0 Å². The molecule has 78 valence electrons. The van der Waals surface area contributed by atoms with Gasteiger partial charge in [-0.1, -0.05) is 5.16 Å². The largest absolute Gasteiger partial charge is 0.339 e. The first-order chi connectivity index (χ1) is 6.66. The highest BCUT2D eigenvalue weighted by Gasteiger charge is 2.29. The Morgan fingerprint density at radius 1 is 1.50 bits per heavy atom. The van der Waals surface area contributed by atoms with Gasteiger partial charge in [0.2, 0.25) is 5.89 Å². The van der Waals surface area contributed by atoms with Crippen molar-refractivity contribution in [3.05, 3.63) is 11.7 Å². The van der Waals surface area contributed by atoms with Crippen molar-refractivity contribution in [2.24, 2.45) is 0 Å². The van der Waals surface area contributed by atoms with E-state index in [4.69, 9.17) is 4.52 Å². The maximum Gasteiger partial charge on any atom is 0.229 e. The van der Waals surface area contributed by atoms with Crippen molar-refractivity contribution in [3.63, 3.8) is 0 Å². The predicted octanol–water partition coefficient (Wildman–Crippen LogP) is 1.79. The number of nitrogens with zero attached hydrogens (tertiary/aromatic N) is 3. The van der Waals surface area contributed by atoms with E-state index in [9.17, 15) is 0 Å². The Labute approximate surface area is 84.3 Å². The summed E-state index contributed by atoms with van der Waals surface area (Å²) in [7, 11) is 2.07. The summed E-state index contributed by atoms with van der Waals surface area (Å²) in [6, 6.07) is 0.512. The van der Waals surface area contributed by atoms with Gasteiger partial charge in [-0.2, -0.15) is 4.98 Å². The minimum atomic E-state index is 0.512. The van der Waals surface area contributed by atoms with Gasteiger partial charge in [-0.15, -0.1) is 0 Å². The van der Waals surface area contributed by atoms with Crippen LogP contribution in [-0.4, -0.2) is 28.1 Å². The lowest BCUT2D eigenvalue weighted by atomic mass is 10.3. The predicted molar refractivity (Wildman–Crippen MR) is 52.9 cm³/mol. The van der Waals surface area contributed by atoms with E-state index in [1.165, 1.54) is 12.8 Å². The molecule has 0 saturated heterocycles. The van der Waals surface area contributed by atoms with E-state index < -0.39 is 0 Å². The average Bonchev–Trinajstić information content (AvgIpc) is 2.88. The Morgan fingerprint density at radius 3 is 2.79 bits per heavy atom. The summed E-state index contributed by atoms with van der Waals surface area (Å²) in [5.74, 6) is 2.20. The van der Waals surface area contributed by atoms with Crippen LogP contribution in [0.2, 0.25) is 0 Å². The molecule has 0 unspecified atom stereocenters.